The molecular weight excluding hydrogens is 430 g/mol. The lowest BCUT2D eigenvalue weighted by Crippen LogP contribution is -2.31. The van der Waals surface area contributed by atoms with Gasteiger partial charge in [-0.25, -0.2) is 0 Å². The Hall–Kier alpha value is -3.09. The normalized spacial score (nSPS) is 11.8. The molecule has 1 atom stereocenters. The van der Waals surface area contributed by atoms with Crippen molar-refractivity contribution in [1.29, 1.82) is 0 Å². The Morgan fingerprint density at radius 2 is 1.61 bits per heavy atom. The molecule has 4 rings (SSSR count). The average molecular weight is 450 g/mol. The zero-order chi connectivity index (χ0) is 21.5. The SMILES string of the molecule is O=C(CSc1nnc(-c2ccc(Cl)cc2)o1)NC(Cc1ccccc1)c1ccccc1. The molecule has 3 aromatic carbocycles. The Morgan fingerprint density at radius 1 is 0.935 bits per heavy atom. The number of hydrogen-bond donors (Lipinski definition) is 1. The van der Waals surface area contributed by atoms with Gasteiger partial charge in [-0.2, -0.15) is 0 Å². The number of nitrogens with one attached hydrogen (secondary N) is 1. The van der Waals surface area contributed by atoms with Gasteiger partial charge in [-0.3, -0.25) is 4.79 Å². The van der Waals surface area contributed by atoms with E-state index in [0.29, 0.717) is 22.6 Å². The van der Waals surface area contributed by atoms with Crippen molar-refractivity contribution in [3.63, 3.8) is 0 Å². The number of nitrogens with zero attached hydrogens (tertiary/aromatic N) is 2. The molecule has 1 N–H and O–H groups in total. The van der Waals surface area contributed by atoms with E-state index < -0.39 is 0 Å². The van der Waals surface area contributed by atoms with Crippen molar-refractivity contribution in [2.75, 3.05) is 5.75 Å². The quantitative estimate of drug-likeness (QED) is 0.355. The molecule has 1 aromatic heterocycles. The molecule has 1 heterocycles. The maximum atomic E-state index is 12.7. The summed E-state index contributed by atoms with van der Waals surface area (Å²) in [6, 6.07) is 27.1. The molecule has 0 radical (unpaired) electrons. The molecule has 31 heavy (non-hydrogen) atoms. The highest BCUT2D eigenvalue weighted by atomic mass is 35.5. The van der Waals surface area contributed by atoms with Crippen LogP contribution in [0.15, 0.2) is 94.6 Å². The summed E-state index contributed by atoms with van der Waals surface area (Å²) in [6.45, 7) is 0. The molecule has 0 aliphatic rings. The predicted molar refractivity (Wildman–Crippen MR) is 123 cm³/mol. The van der Waals surface area contributed by atoms with Crippen LogP contribution in [0.5, 0.6) is 0 Å². The largest absolute Gasteiger partial charge is 0.411 e. The van der Waals surface area contributed by atoms with Crippen LogP contribution >= 0.6 is 23.4 Å². The van der Waals surface area contributed by atoms with Crippen molar-refractivity contribution in [3.8, 4) is 11.5 Å². The maximum absolute atomic E-state index is 12.7. The second-order valence-corrected chi connectivity index (χ2v) is 8.25. The molecule has 0 saturated heterocycles. The van der Waals surface area contributed by atoms with E-state index in [9.17, 15) is 4.79 Å². The lowest BCUT2D eigenvalue weighted by Gasteiger charge is -2.19. The zero-order valence-corrected chi connectivity index (χ0v) is 18.1. The molecular formula is C24H20ClN3O2S. The van der Waals surface area contributed by atoms with E-state index >= 15 is 0 Å². The molecule has 7 heteroatoms. The van der Waals surface area contributed by atoms with E-state index in [-0.39, 0.29) is 17.7 Å². The van der Waals surface area contributed by atoms with Crippen molar-refractivity contribution in [1.82, 2.24) is 15.5 Å². The lowest BCUT2D eigenvalue weighted by atomic mass is 9.99. The molecule has 5 nitrogen and oxygen atoms in total. The Balaban J connectivity index is 1.38. The van der Waals surface area contributed by atoms with Gasteiger partial charge in [0.25, 0.3) is 5.22 Å². The molecule has 1 unspecified atom stereocenters. The molecule has 0 aliphatic heterocycles. The summed E-state index contributed by atoms with van der Waals surface area (Å²) in [7, 11) is 0. The van der Waals surface area contributed by atoms with Crippen molar-refractivity contribution >= 4 is 29.3 Å². The maximum Gasteiger partial charge on any atom is 0.277 e. The first-order valence-corrected chi connectivity index (χ1v) is 11.1. The molecule has 0 bridgehead atoms. The molecule has 0 spiro atoms. The summed E-state index contributed by atoms with van der Waals surface area (Å²) in [5.74, 6) is 0.479. The van der Waals surface area contributed by atoms with Crippen LogP contribution in [0.1, 0.15) is 17.2 Å². The van der Waals surface area contributed by atoms with Gasteiger partial charge in [-0.15, -0.1) is 10.2 Å². The first kappa shape index (κ1) is 21.2. The Morgan fingerprint density at radius 3 is 2.32 bits per heavy atom. The minimum Gasteiger partial charge on any atom is -0.411 e. The first-order chi connectivity index (χ1) is 15.2. The summed E-state index contributed by atoms with van der Waals surface area (Å²) in [4.78, 5) is 12.7. The predicted octanol–water partition coefficient (Wildman–Crippen LogP) is 5.58. The van der Waals surface area contributed by atoms with Crippen molar-refractivity contribution in [2.45, 2.75) is 17.7 Å². The summed E-state index contributed by atoms with van der Waals surface area (Å²) >= 11 is 7.12. The van der Waals surface area contributed by atoms with Crippen LogP contribution in [-0.4, -0.2) is 21.9 Å². The van der Waals surface area contributed by atoms with Gasteiger partial charge in [0, 0.05) is 10.6 Å². The summed E-state index contributed by atoms with van der Waals surface area (Å²) in [6.07, 6.45) is 0.711. The first-order valence-electron chi connectivity index (χ1n) is 9.78. The number of thioether (sulfide) groups is 1. The van der Waals surface area contributed by atoms with Gasteiger partial charge in [0.05, 0.1) is 11.8 Å². The fraction of sp³-hybridized carbons (Fsp3) is 0.125. The third-order valence-electron chi connectivity index (χ3n) is 4.64. The highest BCUT2D eigenvalue weighted by Crippen LogP contribution is 2.25. The van der Waals surface area contributed by atoms with E-state index in [1.54, 1.807) is 12.1 Å². The Bertz CT molecular complexity index is 1120. The summed E-state index contributed by atoms with van der Waals surface area (Å²) in [5, 5.41) is 12.2. The number of amides is 1. The fourth-order valence-electron chi connectivity index (χ4n) is 3.13. The molecule has 4 aromatic rings. The number of benzene rings is 3. The highest BCUT2D eigenvalue weighted by molar-refractivity contribution is 7.99. The van der Waals surface area contributed by atoms with Crippen LogP contribution in [-0.2, 0) is 11.2 Å². The summed E-state index contributed by atoms with van der Waals surface area (Å²) in [5.41, 5.74) is 3.00. The van der Waals surface area contributed by atoms with Gasteiger partial charge in [0.1, 0.15) is 0 Å². The van der Waals surface area contributed by atoms with Gasteiger partial charge in [-0.1, -0.05) is 84.0 Å². The molecule has 156 valence electrons. The third-order valence-corrected chi connectivity index (χ3v) is 5.71. The van der Waals surface area contributed by atoms with E-state index in [2.05, 4.69) is 27.6 Å². The van der Waals surface area contributed by atoms with Gasteiger partial charge in [-0.05, 0) is 41.8 Å². The van der Waals surface area contributed by atoms with Crippen molar-refractivity contribution in [2.24, 2.45) is 0 Å². The second kappa shape index (κ2) is 10.3. The van der Waals surface area contributed by atoms with Gasteiger partial charge >= 0.3 is 0 Å². The van der Waals surface area contributed by atoms with Crippen molar-refractivity contribution < 1.29 is 9.21 Å². The molecule has 0 saturated carbocycles. The minimum absolute atomic E-state index is 0.0963. The lowest BCUT2D eigenvalue weighted by molar-refractivity contribution is -0.119. The monoisotopic (exact) mass is 449 g/mol. The number of carbonyl (C=O) groups is 1. The topological polar surface area (TPSA) is 68.0 Å². The third kappa shape index (κ3) is 5.96. The van der Waals surface area contributed by atoms with Crippen LogP contribution < -0.4 is 5.32 Å². The van der Waals surface area contributed by atoms with Crippen LogP contribution in [0.3, 0.4) is 0 Å². The number of hydrogen-bond acceptors (Lipinski definition) is 5. The fourth-order valence-corrected chi connectivity index (χ4v) is 3.83. The van der Waals surface area contributed by atoms with Crippen LogP contribution in [0.4, 0.5) is 0 Å². The van der Waals surface area contributed by atoms with Crippen LogP contribution in [0.2, 0.25) is 5.02 Å². The molecule has 0 fully saturated rings. The van der Waals surface area contributed by atoms with E-state index in [4.69, 9.17) is 16.0 Å². The number of rotatable bonds is 8. The number of carbonyl (C=O) groups excluding carboxylic acids is 1. The smallest absolute Gasteiger partial charge is 0.277 e. The standard InChI is InChI=1S/C24H20ClN3O2S/c25-20-13-11-19(12-14-20)23-27-28-24(30-23)31-16-22(29)26-21(18-9-5-2-6-10-18)15-17-7-3-1-4-8-17/h1-14,21H,15-16H2,(H,26,29). The van der Waals surface area contributed by atoms with Crippen LogP contribution in [0, 0.1) is 0 Å². The van der Waals surface area contributed by atoms with Gasteiger partial charge < -0.3 is 9.73 Å². The van der Waals surface area contributed by atoms with Crippen LogP contribution in [0.25, 0.3) is 11.5 Å². The van der Waals surface area contributed by atoms with Gasteiger partial charge in [0.2, 0.25) is 11.8 Å². The van der Waals surface area contributed by atoms with E-state index in [1.165, 1.54) is 11.8 Å². The zero-order valence-electron chi connectivity index (χ0n) is 16.6. The van der Waals surface area contributed by atoms with Gasteiger partial charge in [0.15, 0.2) is 0 Å². The second-order valence-electron chi connectivity index (χ2n) is 6.89. The number of aromatic nitrogens is 2. The minimum atomic E-state index is -0.121. The summed E-state index contributed by atoms with van der Waals surface area (Å²) < 4.78 is 5.66. The van der Waals surface area contributed by atoms with Crippen molar-refractivity contribution in [3.05, 3.63) is 101 Å². The molecule has 0 aliphatic carbocycles. The van der Waals surface area contributed by atoms with E-state index in [1.807, 2.05) is 60.7 Å². The molecule has 1 amide bonds. The van der Waals surface area contributed by atoms with E-state index in [0.717, 1.165) is 16.7 Å². The highest BCUT2D eigenvalue weighted by Gasteiger charge is 2.17. The average Bonchev–Trinajstić information content (AvgIpc) is 3.28. The Labute approximate surface area is 189 Å². The Kier molecular flexibility index (Phi) is 7.02. The number of halogens is 1.